The number of nitrogens with one attached hydrogen (secondary N) is 1. The molecule has 0 spiro atoms. The van der Waals surface area contributed by atoms with Crippen LogP contribution >= 0.6 is 0 Å². The molecule has 1 N–H and O–H groups in total. The summed E-state index contributed by atoms with van der Waals surface area (Å²) in [5.41, 5.74) is 0. The number of rotatable bonds is 10. The van der Waals surface area contributed by atoms with E-state index in [0.29, 0.717) is 0 Å². The largest absolute Gasteiger partial charge is 0.317 e. The van der Waals surface area contributed by atoms with Crippen molar-refractivity contribution in [2.75, 3.05) is 13.1 Å². The first-order chi connectivity index (χ1) is 7.93. The van der Waals surface area contributed by atoms with E-state index in [2.05, 4.69) is 12.2 Å². The van der Waals surface area contributed by atoms with Crippen LogP contribution in [-0.2, 0) is 0 Å². The van der Waals surface area contributed by atoms with E-state index in [-0.39, 0.29) is 0 Å². The minimum atomic E-state index is 1.05. The van der Waals surface area contributed by atoms with Crippen LogP contribution in [0.2, 0.25) is 0 Å². The fourth-order valence-electron chi connectivity index (χ4n) is 2.76. The molecule has 1 fully saturated rings. The van der Waals surface area contributed by atoms with Crippen LogP contribution in [0.4, 0.5) is 0 Å². The molecule has 0 radical (unpaired) electrons. The third-order valence-electron chi connectivity index (χ3n) is 3.91. The molecule has 0 saturated heterocycles. The van der Waals surface area contributed by atoms with Gasteiger partial charge in [0.15, 0.2) is 0 Å². The van der Waals surface area contributed by atoms with Gasteiger partial charge in [0.05, 0.1) is 0 Å². The molecule has 1 nitrogen and oxygen atoms in total. The SMILES string of the molecule is CCCCCCCCNCCC1CCCC1. The molecule has 0 atom stereocenters. The molecular formula is C15H31N. The molecule has 0 bridgehead atoms. The summed E-state index contributed by atoms with van der Waals surface area (Å²) < 4.78 is 0. The van der Waals surface area contributed by atoms with Gasteiger partial charge in [0.2, 0.25) is 0 Å². The van der Waals surface area contributed by atoms with Crippen LogP contribution < -0.4 is 5.32 Å². The van der Waals surface area contributed by atoms with E-state index in [1.807, 2.05) is 0 Å². The normalized spacial score (nSPS) is 17.1. The first-order valence-corrected chi connectivity index (χ1v) is 7.64. The third-order valence-corrected chi connectivity index (χ3v) is 3.91. The van der Waals surface area contributed by atoms with Crippen LogP contribution in [0, 0.1) is 5.92 Å². The van der Waals surface area contributed by atoms with Gasteiger partial charge >= 0.3 is 0 Å². The van der Waals surface area contributed by atoms with E-state index < -0.39 is 0 Å². The summed E-state index contributed by atoms with van der Waals surface area (Å²) in [7, 11) is 0. The van der Waals surface area contributed by atoms with E-state index in [9.17, 15) is 0 Å². The monoisotopic (exact) mass is 225 g/mol. The second-order valence-electron chi connectivity index (χ2n) is 5.46. The van der Waals surface area contributed by atoms with E-state index in [1.165, 1.54) is 83.7 Å². The standard InChI is InChI=1S/C15H31N/c1-2-3-4-5-6-9-13-16-14-12-15-10-7-8-11-15/h15-16H,2-14H2,1H3. The lowest BCUT2D eigenvalue weighted by Gasteiger charge is -2.09. The lowest BCUT2D eigenvalue weighted by atomic mass is 10.0. The molecule has 0 aromatic carbocycles. The maximum Gasteiger partial charge on any atom is -0.00463 e. The van der Waals surface area contributed by atoms with Gasteiger partial charge in [-0.3, -0.25) is 0 Å². The minimum Gasteiger partial charge on any atom is -0.317 e. The molecule has 0 heterocycles. The summed E-state index contributed by atoms with van der Waals surface area (Å²) >= 11 is 0. The molecule has 16 heavy (non-hydrogen) atoms. The summed E-state index contributed by atoms with van der Waals surface area (Å²) in [6, 6.07) is 0. The van der Waals surface area contributed by atoms with Crippen molar-refractivity contribution < 1.29 is 0 Å². The van der Waals surface area contributed by atoms with E-state index >= 15 is 0 Å². The van der Waals surface area contributed by atoms with E-state index in [4.69, 9.17) is 0 Å². The fourth-order valence-corrected chi connectivity index (χ4v) is 2.76. The van der Waals surface area contributed by atoms with Gasteiger partial charge in [0.1, 0.15) is 0 Å². The van der Waals surface area contributed by atoms with Crippen LogP contribution in [0.5, 0.6) is 0 Å². The summed E-state index contributed by atoms with van der Waals surface area (Å²) in [6.07, 6.45) is 15.9. The highest BCUT2D eigenvalue weighted by molar-refractivity contribution is 4.68. The maximum atomic E-state index is 3.60. The Morgan fingerprint density at radius 1 is 0.875 bits per heavy atom. The molecule has 1 rings (SSSR count). The molecule has 1 saturated carbocycles. The van der Waals surface area contributed by atoms with Crippen molar-refractivity contribution in [3.05, 3.63) is 0 Å². The smallest absolute Gasteiger partial charge is 0.00463 e. The molecule has 0 amide bonds. The van der Waals surface area contributed by atoms with Crippen molar-refractivity contribution in [1.82, 2.24) is 5.32 Å². The summed E-state index contributed by atoms with van der Waals surface area (Å²) in [4.78, 5) is 0. The Kier molecular flexibility index (Phi) is 8.88. The Hall–Kier alpha value is -0.0400. The Balaban J connectivity index is 1.71. The van der Waals surface area contributed by atoms with Crippen LogP contribution in [0.1, 0.15) is 77.6 Å². The van der Waals surface area contributed by atoms with Gasteiger partial charge in [-0.15, -0.1) is 0 Å². The molecule has 0 aromatic rings. The van der Waals surface area contributed by atoms with Crippen molar-refractivity contribution in [1.29, 1.82) is 0 Å². The van der Waals surface area contributed by atoms with Gasteiger partial charge in [-0.2, -0.15) is 0 Å². The van der Waals surface area contributed by atoms with E-state index in [0.717, 1.165) is 5.92 Å². The molecule has 0 aromatic heterocycles. The molecule has 1 heteroatoms. The first-order valence-electron chi connectivity index (χ1n) is 7.64. The van der Waals surface area contributed by atoms with Crippen LogP contribution in [-0.4, -0.2) is 13.1 Å². The summed E-state index contributed by atoms with van der Waals surface area (Å²) in [5.74, 6) is 1.05. The molecule has 1 aliphatic rings. The molecular weight excluding hydrogens is 194 g/mol. The van der Waals surface area contributed by atoms with Crippen molar-refractivity contribution in [3.63, 3.8) is 0 Å². The molecule has 0 unspecified atom stereocenters. The number of hydrogen-bond acceptors (Lipinski definition) is 1. The third kappa shape index (κ3) is 7.27. The lowest BCUT2D eigenvalue weighted by molar-refractivity contribution is 0.471. The second-order valence-corrected chi connectivity index (χ2v) is 5.46. The Labute approximate surface area is 102 Å². The van der Waals surface area contributed by atoms with Gasteiger partial charge in [-0.25, -0.2) is 0 Å². The number of unbranched alkanes of at least 4 members (excludes halogenated alkanes) is 5. The highest BCUT2D eigenvalue weighted by Crippen LogP contribution is 2.26. The molecule has 1 aliphatic carbocycles. The zero-order valence-electron chi connectivity index (χ0n) is 11.3. The second kappa shape index (κ2) is 10.1. The molecule has 96 valence electrons. The highest BCUT2D eigenvalue weighted by Gasteiger charge is 2.13. The topological polar surface area (TPSA) is 12.0 Å². The summed E-state index contributed by atoms with van der Waals surface area (Å²) in [5, 5.41) is 3.60. The van der Waals surface area contributed by atoms with Gasteiger partial charge < -0.3 is 5.32 Å². The van der Waals surface area contributed by atoms with Crippen LogP contribution in [0.15, 0.2) is 0 Å². The predicted octanol–water partition coefficient (Wildman–Crippen LogP) is 4.52. The summed E-state index contributed by atoms with van der Waals surface area (Å²) in [6.45, 7) is 4.79. The van der Waals surface area contributed by atoms with Gasteiger partial charge in [-0.1, -0.05) is 64.7 Å². The zero-order valence-corrected chi connectivity index (χ0v) is 11.3. The lowest BCUT2D eigenvalue weighted by Crippen LogP contribution is -2.18. The zero-order chi connectivity index (χ0) is 11.5. The van der Waals surface area contributed by atoms with E-state index in [1.54, 1.807) is 0 Å². The predicted molar refractivity (Wildman–Crippen MR) is 72.8 cm³/mol. The van der Waals surface area contributed by atoms with Crippen LogP contribution in [0.3, 0.4) is 0 Å². The van der Waals surface area contributed by atoms with Crippen LogP contribution in [0.25, 0.3) is 0 Å². The first kappa shape index (κ1) is 14.0. The Morgan fingerprint density at radius 2 is 1.56 bits per heavy atom. The highest BCUT2D eigenvalue weighted by atomic mass is 14.8. The van der Waals surface area contributed by atoms with Gasteiger partial charge in [-0.05, 0) is 31.8 Å². The van der Waals surface area contributed by atoms with Crippen molar-refractivity contribution >= 4 is 0 Å². The van der Waals surface area contributed by atoms with Gasteiger partial charge in [0.25, 0.3) is 0 Å². The number of hydrogen-bond donors (Lipinski definition) is 1. The maximum absolute atomic E-state index is 3.60. The Bertz CT molecular complexity index is 138. The van der Waals surface area contributed by atoms with Crippen molar-refractivity contribution in [3.8, 4) is 0 Å². The fraction of sp³-hybridized carbons (Fsp3) is 1.00. The van der Waals surface area contributed by atoms with Crippen molar-refractivity contribution in [2.24, 2.45) is 5.92 Å². The molecule has 0 aliphatic heterocycles. The average Bonchev–Trinajstić information content (AvgIpc) is 2.80. The quantitative estimate of drug-likeness (QED) is 0.539. The van der Waals surface area contributed by atoms with Crippen molar-refractivity contribution in [2.45, 2.75) is 77.6 Å². The average molecular weight is 225 g/mol. The minimum absolute atomic E-state index is 1.05. The van der Waals surface area contributed by atoms with Gasteiger partial charge in [0, 0.05) is 0 Å². The Morgan fingerprint density at radius 3 is 2.31 bits per heavy atom.